The fourth-order valence-electron chi connectivity index (χ4n) is 3.89. The van der Waals surface area contributed by atoms with E-state index in [1.807, 2.05) is 24.3 Å². The number of anilines is 1. The van der Waals surface area contributed by atoms with Crippen LogP contribution in [0.2, 0.25) is 5.02 Å². The van der Waals surface area contributed by atoms with Gasteiger partial charge >= 0.3 is 6.09 Å². The van der Waals surface area contributed by atoms with Gasteiger partial charge in [-0.15, -0.1) is 0 Å². The van der Waals surface area contributed by atoms with Crippen molar-refractivity contribution in [3.63, 3.8) is 0 Å². The third-order valence-corrected chi connectivity index (χ3v) is 5.41. The number of aliphatic imine (C=N–C) groups is 1. The lowest BCUT2D eigenvalue weighted by molar-refractivity contribution is 0.185. The molecule has 0 saturated heterocycles. The van der Waals surface area contributed by atoms with Crippen molar-refractivity contribution in [1.82, 2.24) is 15.3 Å². The molecule has 1 aromatic heterocycles. The molecule has 1 unspecified atom stereocenters. The van der Waals surface area contributed by atoms with Crippen molar-refractivity contribution in [3.05, 3.63) is 46.7 Å². The van der Waals surface area contributed by atoms with Crippen LogP contribution in [-0.4, -0.2) is 44.3 Å². The Balaban J connectivity index is 1.55. The molecule has 9 heteroatoms. The summed E-state index contributed by atoms with van der Waals surface area (Å²) in [7, 11) is 0. The monoisotopic (exact) mass is 401 g/mol. The number of aliphatic hydroxyl groups excluding tert-OH is 1. The summed E-state index contributed by atoms with van der Waals surface area (Å²) in [6, 6.07) is 7.42. The van der Waals surface area contributed by atoms with Crippen LogP contribution < -0.4 is 10.6 Å². The largest absolute Gasteiger partial charge is 0.496 e. The zero-order chi connectivity index (χ0) is 19.7. The molecule has 8 nitrogen and oxygen atoms in total. The summed E-state index contributed by atoms with van der Waals surface area (Å²) in [5.74, 6) is -0.172. The summed E-state index contributed by atoms with van der Waals surface area (Å²) in [5.41, 5.74) is 2.03. The second-order valence-corrected chi connectivity index (χ2v) is 7.45. The predicted molar refractivity (Wildman–Crippen MR) is 106 cm³/mol. The molecule has 1 amide bonds. The van der Waals surface area contributed by atoms with E-state index in [0.29, 0.717) is 28.8 Å². The van der Waals surface area contributed by atoms with Gasteiger partial charge in [-0.1, -0.05) is 29.8 Å². The Morgan fingerprint density at radius 2 is 2.00 bits per heavy atom. The Kier molecular flexibility index (Phi) is 5.04. The topological polar surface area (TPSA) is 120 Å². The van der Waals surface area contributed by atoms with Gasteiger partial charge in [-0.2, -0.15) is 0 Å². The molecule has 0 spiro atoms. The van der Waals surface area contributed by atoms with E-state index in [1.165, 1.54) is 6.20 Å². The Labute approximate surface area is 166 Å². The SMILES string of the molecule is O=C(O)N[C@H]1CCC[C@@H](Nc2ncc(Cl)c(C3C(O)=Nc4ccccc43)n2)C1. The maximum Gasteiger partial charge on any atom is 0.404 e. The van der Waals surface area contributed by atoms with Crippen LogP contribution in [0.4, 0.5) is 16.4 Å². The van der Waals surface area contributed by atoms with Crippen LogP contribution in [0.5, 0.6) is 0 Å². The first-order valence-corrected chi connectivity index (χ1v) is 9.54. The third-order valence-electron chi connectivity index (χ3n) is 5.12. The summed E-state index contributed by atoms with van der Waals surface area (Å²) < 4.78 is 0. The molecule has 146 valence electrons. The van der Waals surface area contributed by atoms with Crippen LogP contribution in [0, 0.1) is 0 Å². The van der Waals surface area contributed by atoms with Crippen molar-refractivity contribution in [3.8, 4) is 0 Å². The van der Waals surface area contributed by atoms with Crippen LogP contribution in [0.1, 0.15) is 42.9 Å². The highest BCUT2D eigenvalue weighted by Gasteiger charge is 2.32. The zero-order valence-electron chi connectivity index (χ0n) is 15.0. The molecule has 3 atom stereocenters. The zero-order valence-corrected chi connectivity index (χ0v) is 15.7. The number of para-hydroxylation sites is 1. The number of nitrogens with zero attached hydrogens (tertiary/aromatic N) is 3. The number of aliphatic hydroxyl groups is 1. The summed E-state index contributed by atoms with van der Waals surface area (Å²) >= 11 is 6.34. The van der Waals surface area contributed by atoms with Crippen molar-refractivity contribution in [2.75, 3.05) is 5.32 Å². The van der Waals surface area contributed by atoms with E-state index >= 15 is 0 Å². The van der Waals surface area contributed by atoms with Crippen LogP contribution in [0.15, 0.2) is 35.5 Å². The number of hydrogen-bond acceptors (Lipinski definition) is 5. The van der Waals surface area contributed by atoms with E-state index in [1.54, 1.807) is 0 Å². The highest BCUT2D eigenvalue weighted by molar-refractivity contribution is 6.31. The molecule has 4 rings (SSSR count). The summed E-state index contributed by atoms with van der Waals surface area (Å²) in [6.07, 6.45) is 3.79. The fraction of sp³-hybridized carbons (Fsp3) is 0.368. The number of carboxylic acid groups (broad SMARTS) is 1. The van der Waals surface area contributed by atoms with Gasteiger partial charge in [0.25, 0.3) is 0 Å². The van der Waals surface area contributed by atoms with Gasteiger partial charge in [-0.25, -0.2) is 19.8 Å². The minimum absolute atomic E-state index is 0.0452. The van der Waals surface area contributed by atoms with Gasteiger partial charge in [0.1, 0.15) is 5.92 Å². The maximum atomic E-state index is 10.9. The standard InChI is InChI=1S/C19H20ClN5O3/c20-13-9-21-18(22-10-4-3-5-11(8-10)23-19(27)28)25-16(13)15-12-6-1-2-7-14(12)24-17(15)26/h1-2,6-7,9-11,15,23H,3-5,8H2,(H,24,26)(H,27,28)(H,21,22,25)/t10-,11+,15?/m1/s1. The number of fused-ring (bicyclic) bond motifs is 1. The lowest BCUT2D eigenvalue weighted by Gasteiger charge is -2.29. The molecule has 0 bridgehead atoms. The van der Waals surface area contributed by atoms with Crippen molar-refractivity contribution in [2.45, 2.75) is 43.7 Å². The van der Waals surface area contributed by atoms with Gasteiger partial charge in [0.05, 0.1) is 22.6 Å². The highest BCUT2D eigenvalue weighted by atomic mass is 35.5. The molecule has 1 aliphatic heterocycles. The lowest BCUT2D eigenvalue weighted by Crippen LogP contribution is -2.41. The number of amides is 1. The second-order valence-electron chi connectivity index (χ2n) is 7.04. The van der Waals surface area contributed by atoms with Crippen molar-refractivity contribution in [2.24, 2.45) is 4.99 Å². The second kappa shape index (κ2) is 7.63. The van der Waals surface area contributed by atoms with Gasteiger partial charge in [0, 0.05) is 12.1 Å². The maximum absolute atomic E-state index is 10.9. The average Bonchev–Trinajstić information content (AvgIpc) is 2.99. The molecular weight excluding hydrogens is 382 g/mol. The average molecular weight is 402 g/mol. The lowest BCUT2D eigenvalue weighted by atomic mass is 9.91. The first-order chi connectivity index (χ1) is 13.5. The Morgan fingerprint density at radius 3 is 2.82 bits per heavy atom. The van der Waals surface area contributed by atoms with Crippen LogP contribution in [0.25, 0.3) is 0 Å². The molecular formula is C19H20ClN5O3. The molecule has 1 saturated carbocycles. The van der Waals surface area contributed by atoms with Crippen molar-refractivity contribution in [1.29, 1.82) is 0 Å². The summed E-state index contributed by atoms with van der Waals surface area (Å²) in [4.78, 5) is 23.9. The Hall–Kier alpha value is -2.87. The number of halogens is 1. The quantitative estimate of drug-likeness (QED) is 0.617. The number of rotatable bonds is 4. The molecule has 2 heterocycles. The number of nitrogens with one attached hydrogen (secondary N) is 2. The first kappa shape index (κ1) is 18.5. The minimum Gasteiger partial charge on any atom is -0.496 e. The number of hydrogen-bond donors (Lipinski definition) is 4. The Morgan fingerprint density at radius 1 is 1.21 bits per heavy atom. The van der Waals surface area contributed by atoms with Crippen molar-refractivity contribution < 1.29 is 15.0 Å². The summed E-state index contributed by atoms with van der Waals surface area (Å²) in [6.45, 7) is 0. The van der Waals surface area contributed by atoms with Gasteiger partial charge < -0.3 is 20.8 Å². The fourth-order valence-corrected chi connectivity index (χ4v) is 4.09. The highest BCUT2D eigenvalue weighted by Crippen LogP contribution is 2.40. The third kappa shape index (κ3) is 3.73. The first-order valence-electron chi connectivity index (χ1n) is 9.16. The predicted octanol–water partition coefficient (Wildman–Crippen LogP) is 3.85. The van der Waals surface area contributed by atoms with E-state index in [2.05, 4.69) is 25.6 Å². The molecule has 1 aliphatic carbocycles. The smallest absolute Gasteiger partial charge is 0.404 e. The number of benzene rings is 1. The molecule has 2 aliphatic rings. The molecule has 4 N–H and O–H groups in total. The van der Waals surface area contributed by atoms with E-state index in [4.69, 9.17) is 16.7 Å². The molecule has 0 radical (unpaired) electrons. The molecule has 1 fully saturated rings. The number of aromatic nitrogens is 2. The summed E-state index contributed by atoms with van der Waals surface area (Å²) in [5, 5.41) is 25.5. The molecule has 2 aromatic rings. The van der Waals surface area contributed by atoms with E-state index in [9.17, 15) is 9.90 Å². The van der Waals surface area contributed by atoms with Gasteiger partial charge in [-0.3, -0.25) is 0 Å². The molecule has 28 heavy (non-hydrogen) atoms. The van der Waals surface area contributed by atoms with Crippen LogP contribution >= 0.6 is 11.6 Å². The van der Waals surface area contributed by atoms with Gasteiger partial charge in [0.2, 0.25) is 5.95 Å². The minimum atomic E-state index is -1.01. The van der Waals surface area contributed by atoms with E-state index < -0.39 is 12.0 Å². The Bertz CT molecular complexity index is 936. The molecule has 1 aromatic carbocycles. The van der Waals surface area contributed by atoms with Crippen molar-refractivity contribution >= 4 is 35.2 Å². The van der Waals surface area contributed by atoms with E-state index in [0.717, 1.165) is 24.8 Å². The van der Waals surface area contributed by atoms with E-state index in [-0.39, 0.29) is 18.0 Å². The normalized spacial score (nSPS) is 23.6. The van der Waals surface area contributed by atoms with Crippen LogP contribution in [0.3, 0.4) is 0 Å². The van der Waals surface area contributed by atoms with Gasteiger partial charge in [0.15, 0.2) is 5.90 Å². The number of carbonyl (C=O) groups is 1. The van der Waals surface area contributed by atoms with Gasteiger partial charge in [-0.05, 0) is 37.3 Å². The van der Waals surface area contributed by atoms with Crippen LogP contribution in [-0.2, 0) is 0 Å².